The van der Waals surface area contributed by atoms with Crippen molar-refractivity contribution in [3.63, 3.8) is 0 Å². The number of aromatic nitrogens is 2. The molecule has 8 heteroatoms. The molecule has 2 aromatic carbocycles. The minimum absolute atomic E-state index is 0.00153. The molecule has 6 rings (SSSR count). The van der Waals surface area contributed by atoms with E-state index in [0.29, 0.717) is 26.2 Å². The van der Waals surface area contributed by atoms with Crippen LogP contribution in [-0.4, -0.2) is 64.2 Å². The lowest BCUT2D eigenvalue weighted by Crippen LogP contribution is -2.43. The van der Waals surface area contributed by atoms with Gasteiger partial charge in [-0.05, 0) is 36.1 Å². The zero-order valence-electron chi connectivity index (χ0n) is 20.8. The Morgan fingerprint density at radius 3 is 2.57 bits per heavy atom. The van der Waals surface area contributed by atoms with Gasteiger partial charge in [0.1, 0.15) is 0 Å². The van der Waals surface area contributed by atoms with Gasteiger partial charge in [0.25, 0.3) is 5.91 Å². The number of amides is 1. The van der Waals surface area contributed by atoms with E-state index in [9.17, 15) is 4.79 Å². The smallest absolute Gasteiger partial charge is 0.257 e. The largest absolute Gasteiger partial charge is 0.379 e. The summed E-state index contributed by atoms with van der Waals surface area (Å²) in [5.74, 6) is 0.00153. The molecule has 2 aliphatic heterocycles. The van der Waals surface area contributed by atoms with Gasteiger partial charge >= 0.3 is 0 Å². The molecule has 1 atom stereocenters. The number of benzene rings is 2. The van der Waals surface area contributed by atoms with Crippen molar-refractivity contribution in [3.8, 4) is 16.9 Å². The SMILES string of the molecule is Cc1ccccc1-c1nn(-c2ccccc2)cc1[C@@H]1CC(c2cccs2)=NN1C(=O)CN1CCOCC1. The van der Waals surface area contributed by atoms with Crippen LogP contribution >= 0.6 is 11.3 Å². The summed E-state index contributed by atoms with van der Waals surface area (Å²) in [6, 6.07) is 22.3. The Balaban J connectivity index is 1.42. The second kappa shape index (κ2) is 10.4. The van der Waals surface area contributed by atoms with Crippen molar-refractivity contribution in [3.05, 3.63) is 94.3 Å². The standard InChI is InChI=1S/C29H29N5O2S/c1-21-8-5-6-11-23(21)29-24(19-33(31-29)22-9-3-2-4-10-22)26-18-25(27-12-7-17-37-27)30-34(26)28(35)20-32-13-15-36-16-14-32/h2-12,17,19,26H,13-16,18,20H2,1H3/t26-/m0/s1. The van der Waals surface area contributed by atoms with Crippen LogP contribution in [0.4, 0.5) is 0 Å². The van der Waals surface area contributed by atoms with Crippen LogP contribution in [0.15, 0.2) is 83.4 Å². The Hall–Kier alpha value is -3.59. The summed E-state index contributed by atoms with van der Waals surface area (Å²) in [4.78, 5) is 17.0. The highest BCUT2D eigenvalue weighted by Gasteiger charge is 2.37. The molecule has 4 aromatic rings. The van der Waals surface area contributed by atoms with Gasteiger partial charge in [-0.3, -0.25) is 9.69 Å². The van der Waals surface area contributed by atoms with Gasteiger partial charge in [0.05, 0.1) is 47.8 Å². The minimum Gasteiger partial charge on any atom is -0.379 e. The number of thiophene rings is 1. The molecule has 2 aromatic heterocycles. The summed E-state index contributed by atoms with van der Waals surface area (Å²) < 4.78 is 7.40. The molecule has 0 N–H and O–H groups in total. The Morgan fingerprint density at radius 2 is 1.81 bits per heavy atom. The van der Waals surface area contributed by atoms with E-state index in [1.807, 2.05) is 53.2 Å². The molecule has 0 radical (unpaired) electrons. The fraction of sp³-hybridized carbons (Fsp3) is 0.276. The van der Waals surface area contributed by atoms with Gasteiger partial charge in [-0.2, -0.15) is 10.2 Å². The van der Waals surface area contributed by atoms with Gasteiger partial charge in [-0.1, -0.05) is 48.5 Å². The molecule has 1 amide bonds. The third-order valence-corrected chi connectivity index (χ3v) is 7.88. The fourth-order valence-electron chi connectivity index (χ4n) is 4.99. The van der Waals surface area contributed by atoms with Crippen molar-refractivity contribution in [2.45, 2.75) is 19.4 Å². The van der Waals surface area contributed by atoms with Crippen LogP contribution in [0.3, 0.4) is 0 Å². The molecule has 0 bridgehead atoms. The van der Waals surface area contributed by atoms with Crippen molar-refractivity contribution in [2.24, 2.45) is 5.10 Å². The van der Waals surface area contributed by atoms with Crippen LogP contribution in [0.5, 0.6) is 0 Å². The van der Waals surface area contributed by atoms with Crippen LogP contribution in [0.25, 0.3) is 16.9 Å². The van der Waals surface area contributed by atoms with Gasteiger partial charge in [0, 0.05) is 36.8 Å². The molecule has 0 aliphatic carbocycles. The summed E-state index contributed by atoms with van der Waals surface area (Å²) in [5, 5.41) is 13.7. The number of aryl methyl sites for hydroxylation is 1. The van der Waals surface area contributed by atoms with Crippen molar-refractivity contribution in [2.75, 3.05) is 32.8 Å². The van der Waals surface area contributed by atoms with E-state index in [4.69, 9.17) is 14.9 Å². The molecule has 7 nitrogen and oxygen atoms in total. The number of nitrogens with zero attached hydrogens (tertiary/aromatic N) is 5. The molecular formula is C29H29N5O2S. The molecule has 2 aliphatic rings. The number of hydrogen-bond acceptors (Lipinski definition) is 6. The van der Waals surface area contributed by atoms with Crippen molar-refractivity contribution in [1.29, 1.82) is 0 Å². The quantitative estimate of drug-likeness (QED) is 0.369. The minimum atomic E-state index is -0.238. The van der Waals surface area contributed by atoms with E-state index in [1.165, 1.54) is 0 Å². The summed E-state index contributed by atoms with van der Waals surface area (Å²) in [6.45, 7) is 5.25. The predicted molar refractivity (Wildman–Crippen MR) is 146 cm³/mol. The summed E-state index contributed by atoms with van der Waals surface area (Å²) in [7, 11) is 0. The molecule has 0 spiro atoms. The number of para-hydroxylation sites is 1. The number of morpholine rings is 1. The average molecular weight is 512 g/mol. The molecule has 0 unspecified atom stereocenters. The number of carbonyl (C=O) groups is 1. The fourth-order valence-corrected chi connectivity index (χ4v) is 5.71. The van der Waals surface area contributed by atoms with Gasteiger partial charge in [-0.25, -0.2) is 9.69 Å². The summed E-state index contributed by atoms with van der Waals surface area (Å²) in [6.07, 6.45) is 2.72. The third kappa shape index (κ3) is 4.87. The highest BCUT2D eigenvalue weighted by Crippen LogP contribution is 2.39. The van der Waals surface area contributed by atoms with E-state index in [0.717, 1.165) is 51.8 Å². The normalized spacial score (nSPS) is 18.2. The first kappa shape index (κ1) is 23.8. The lowest BCUT2D eigenvalue weighted by Gasteiger charge is -2.29. The Bertz CT molecular complexity index is 1410. The number of ether oxygens (including phenoxy) is 1. The van der Waals surface area contributed by atoms with Crippen LogP contribution < -0.4 is 0 Å². The van der Waals surface area contributed by atoms with E-state index in [1.54, 1.807) is 16.3 Å². The maximum absolute atomic E-state index is 13.7. The molecule has 1 saturated heterocycles. The van der Waals surface area contributed by atoms with Gasteiger partial charge < -0.3 is 4.74 Å². The maximum atomic E-state index is 13.7. The second-order valence-corrected chi connectivity index (χ2v) is 10.3. The van der Waals surface area contributed by atoms with Crippen LogP contribution in [0.1, 0.15) is 28.5 Å². The average Bonchev–Trinajstić information content (AvgIpc) is 3.70. The predicted octanol–water partition coefficient (Wildman–Crippen LogP) is 4.92. The molecule has 1 fully saturated rings. The summed E-state index contributed by atoms with van der Waals surface area (Å²) >= 11 is 1.66. The molecule has 37 heavy (non-hydrogen) atoms. The van der Waals surface area contributed by atoms with Crippen molar-refractivity contribution in [1.82, 2.24) is 19.7 Å². The summed E-state index contributed by atoms with van der Waals surface area (Å²) in [5.41, 5.74) is 6.02. The second-order valence-electron chi connectivity index (χ2n) is 9.40. The Labute approximate surface area is 220 Å². The zero-order valence-corrected chi connectivity index (χ0v) is 21.6. The number of hydrazone groups is 1. The lowest BCUT2D eigenvalue weighted by atomic mass is 9.96. The highest BCUT2D eigenvalue weighted by atomic mass is 32.1. The van der Waals surface area contributed by atoms with E-state index >= 15 is 0 Å². The van der Waals surface area contributed by atoms with E-state index < -0.39 is 0 Å². The topological polar surface area (TPSA) is 63.0 Å². The number of rotatable bonds is 6. The van der Waals surface area contributed by atoms with Gasteiger partial charge in [0.2, 0.25) is 0 Å². The molecule has 188 valence electrons. The van der Waals surface area contributed by atoms with E-state index in [2.05, 4.69) is 41.6 Å². The third-order valence-electron chi connectivity index (χ3n) is 6.96. The lowest BCUT2D eigenvalue weighted by molar-refractivity contribution is -0.135. The Morgan fingerprint density at radius 1 is 1.03 bits per heavy atom. The van der Waals surface area contributed by atoms with Crippen LogP contribution in [-0.2, 0) is 9.53 Å². The monoisotopic (exact) mass is 511 g/mol. The van der Waals surface area contributed by atoms with Crippen molar-refractivity contribution >= 4 is 23.0 Å². The zero-order chi connectivity index (χ0) is 25.2. The highest BCUT2D eigenvalue weighted by molar-refractivity contribution is 7.12. The molecule has 4 heterocycles. The van der Waals surface area contributed by atoms with Gasteiger partial charge in [-0.15, -0.1) is 11.3 Å². The van der Waals surface area contributed by atoms with Crippen molar-refractivity contribution < 1.29 is 9.53 Å². The molecule has 0 saturated carbocycles. The van der Waals surface area contributed by atoms with Gasteiger partial charge in [0.15, 0.2) is 0 Å². The number of carbonyl (C=O) groups excluding carboxylic acids is 1. The first-order valence-corrected chi connectivity index (χ1v) is 13.5. The first-order chi connectivity index (χ1) is 18.2. The Kier molecular flexibility index (Phi) is 6.70. The molecular weight excluding hydrogens is 482 g/mol. The van der Waals surface area contributed by atoms with Crippen LogP contribution in [0.2, 0.25) is 0 Å². The maximum Gasteiger partial charge on any atom is 0.257 e. The first-order valence-electron chi connectivity index (χ1n) is 12.6. The number of hydrogen-bond donors (Lipinski definition) is 0. The van der Waals surface area contributed by atoms with Crippen LogP contribution in [0, 0.1) is 6.92 Å². The van der Waals surface area contributed by atoms with E-state index in [-0.39, 0.29) is 11.9 Å².